The van der Waals surface area contributed by atoms with Crippen molar-refractivity contribution in [3.8, 4) is 6.07 Å². The van der Waals surface area contributed by atoms with E-state index in [0.717, 1.165) is 61.6 Å². The van der Waals surface area contributed by atoms with Gasteiger partial charge in [-0.05, 0) is 32.6 Å². The van der Waals surface area contributed by atoms with E-state index in [-0.39, 0.29) is 5.91 Å². The van der Waals surface area contributed by atoms with Crippen molar-refractivity contribution in [1.29, 1.82) is 5.26 Å². The summed E-state index contributed by atoms with van der Waals surface area (Å²) in [5.41, 5.74) is 1.50. The van der Waals surface area contributed by atoms with Crippen LogP contribution in [-0.2, 0) is 11.3 Å². The van der Waals surface area contributed by atoms with Crippen LogP contribution in [0.25, 0.3) is 0 Å². The highest BCUT2D eigenvalue weighted by Crippen LogP contribution is 2.27. The molecular weight excluding hydrogens is 332 g/mol. The molecule has 1 saturated carbocycles. The molecule has 5 nitrogen and oxygen atoms in total. The maximum Gasteiger partial charge on any atom is 0.231 e. The lowest BCUT2D eigenvalue weighted by Crippen LogP contribution is -2.47. The van der Waals surface area contributed by atoms with Gasteiger partial charge in [0.1, 0.15) is 5.54 Å². The van der Waals surface area contributed by atoms with E-state index in [1.165, 1.54) is 11.8 Å². The summed E-state index contributed by atoms with van der Waals surface area (Å²) in [5.74, 6) is 0.758. The van der Waals surface area contributed by atoms with Gasteiger partial charge >= 0.3 is 0 Å². The standard InChI is InChI=1S/C19H30N4OS/c1-14(2)11-23-16(4)15(3)21-18(23)25-12-17(24)22-19(13-20)9-7-5-6-8-10-19/h14H,5-12H2,1-4H3,(H,22,24). The Balaban J connectivity index is 2.00. The van der Waals surface area contributed by atoms with Crippen molar-refractivity contribution in [3.05, 3.63) is 11.4 Å². The van der Waals surface area contributed by atoms with E-state index in [1.54, 1.807) is 0 Å². The molecule has 0 atom stereocenters. The Kier molecular flexibility index (Phi) is 6.95. The minimum Gasteiger partial charge on any atom is -0.337 e. The van der Waals surface area contributed by atoms with Crippen LogP contribution in [0.2, 0.25) is 0 Å². The number of nitriles is 1. The number of rotatable bonds is 6. The largest absolute Gasteiger partial charge is 0.337 e. The average Bonchev–Trinajstić information content (AvgIpc) is 2.74. The average molecular weight is 363 g/mol. The number of imidazole rings is 1. The topological polar surface area (TPSA) is 70.7 Å². The Morgan fingerprint density at radius 1 is 1.32 bits per heavy atom. The third-order valence-electron chi connectivity index (χ3n) is 4.85. The van der Waals surface area contributed by atoms with Gasteiger partial charge in [0.2, 0.25) is 5.91 Å². The third-order valence-corrected chi connectivity index (χ3v) is 5.83. The summed E-state index contributed by atoms with van der Waals surface area (Å²) in [6.07, 6.45) is 5.86. The molecule has 1 amide bonds. The zero-order valence-corrected chi connectivity index (χ0v) is 16.7. The van der Waals surface area contributed by atoms with Gasteiger partial charge in [0.15, 0.2) is 5.16 Å². The monoisotopic (exact) mass is 362 g/mol. The Labute approximate surface area is 155 Å². The molecule has 1 fully saturated rings. The minimum atomic E-state index is -0.673. The maximum atomic E-state index is 12.5. The molecule has 0 saturated heterocycles. The molecule has 1 heterocycles. The van der Waals surface area contributed by atoms with Gasteiger partial charge in [-0.3, -0.25) is 4.79 Å². The van der Waals surface area contributed by atoms with Crippen molar-refractivity contribution in [2.75, 3.05) is 5.75 Å². The maximum absolute atomic E-state index is 12.5. The molecule has 0 unspecified atom stereocenters. The summed E-state index contributed by atoms with van der Waals surface area (Å²) in [5, 5.41) is 13.5. The quantitative estimate of drug-likeness (QED) is 0.614. The molecule has 1 aliphatic rings. The van der Waals surface area contributed by atoms with E-state index in [9.17, 15) is 10.1 Å². The molecule has 0 aromatic carbocycles. The second-order valence-electron chi connectivity index (χ2n) is 7.51. The fraction of sp³-hybridized carbons (Fsp3) is 0.737. The van der Waals surface area contributed by atoms with Crippen LogP contribution in [0, 0.1) is 31.1 Å². The smallest absolute Gasteiger partial charge is 0.231 e. The molecule has 1 aromatic rings. The highest BCUT2D eigenvalue weighted by Gasteiger charge is 2.32. The van der Waals surface area contributed by atoms with Crippen molar-refractivity contribution >= 4 is 17.7 Å². The van der Waals surface area contributed by atoms with Gasteiger partial charge in [0.05, 0.1) is 17.5 Å². The first-order chi connectivity index (χ1) is 11.9. The molecule has 0 aliphatic heterocycles. The van der Waals surface area contributed by atoms with Gasteiger partial charge in [-0.25, -0.2) is 4.98 Å². The number of thioether (sulfide) groups is 1. The Hall–Kier alpha value is -1.48. The number of amides is 1. The predicted octanol–water partition coefficient (Wildman–Crippen LogP) is 3.98. The highest BCUT2D eigenvalue weighted by atomic mass is 32.2. The number of carbonyl (C=O) groups excluding carboxylic acids is 1. The van der Waals surface area contributed by atoms with Crippen LogP contribution in [0.4, 0.5) is 0 Å². The van der Waals surface area contributed by atoms with Crippen LogP contribution in [0.15, 0.2) is 5.16 Å². The van der Waals surface area contributed by atoms with Crippen molar-refractivity contribution in [2.24, 2.45) is 5.92 Å². The van der Waals surface area contributed by atoms with E-state index < -0.39 is 5.54 Å². The molecule has 1 N–H and O–H groups in total. The van der Waals surface area contributed by atoms with Crippen LogP contribution in [0.1, 0.15) is 63.8 Å². The molecule has 0 radical (unpaired) electrons. The lowest BCUT2D eigenvalue weighted by atomic mass is 9.92. The Morgan fingerprint density at radius 3 is 2.52 bits per heavy atom. The first-order valence-electron chi connectivity index (χ1n) is 9.25. The second-order valence-corrected chi connectivity index (χ2v) is 8.46. The number of hydrogen-bond acceptors (Lipinski definition) is 4. The van der Waals surface area contributed by atoms with Crippen molar-refractivity contribution in [1.82, 2.24) is 14.9 Å². The number of aromatic nitrogens is 2. The van der Waals surface area contributed by atoms with E-state index in [0.29, 0.717) is 11.7 Å². The van der Waals surface area contributed by atoms with Crippen LogP contribution in [0.3, 0.4) is 0 Å². The van der Waals surface area contributed by atoms with E-state index >= 15 is 0 Å². The highest BCUT2D eigenvalue weighted by molar-refractivity contribution is 7.99. The molecule has 138 valence electrons. The summed E-state index contributed by atoms with van der Waals surface area (Å²) in [7, 11) is 0. The number of aryl methyl sites for hydroxylation is 1. The van der Waals surface area contributed by atoms with E-state index in [2.05, 4.69) is 41.7 Å². The van der Waals surface area contributed by atoms with Gasteiger partial charge in [0.25, 0.3) is 0 Å². The summed E-state index contributed by atoms with van der Waals surface area (Å²) < 4.78 is 2.20. The number of nitrogens with one attached hydrogen (secondary N) is 1. The molecule has 1 aromatic heterocycles. The summed E-state index contributed by atoms with van der Waals surface area (Å²) in [6, 6.07) is 2.38. The Bertz CT molecular complexity index is 637. The van der Waals surface area contributed by atoms with Gasteiger partial charge in [-0.1, -0.05) is 51.3 Å². The lowest BCUT2D eigenvalue weighted by Gasteiger charge is -2.26. The number of hydrogen-bond donors (Lipinski definition) is 1. The van der Waals surface area contributed by atoms with Crippen molar-refractivity contribution in [2.45, 2.75) is 83.5 Å². The summed E-state index contributed by atoms with van der Waals surface area (Å²) >= 11 is 1.47. The first-order valence-corrected chi connectivity index (χ1v) is 10.2. The number of nitrogens with zero attached hydrogens (tertiary/aromatic N) is 3. The molecule has 25 heavy (non-hydrogen) atoms. The second kappa shape index (κ2) is 8.75. The lowest BCUT2D eigenvalue weighted by molar-refractivity contribution is -0.120. The zero-order chi connectivity index (χ0) is 18.4. The normalized spacial score (nSPS) is 17.1. The van der Waals surface area contributed by atoms with Gasteiger partial charge < -0.3 is 9.88 Å². The fourth-order valence-corrected chi connectivity index (χ4v) is 4.24. The SMILES string of the molecule is Cc1nc(SCC(=O)NC2(C#N)CCCCCC2)n(CC(C)C)c1C. The first kappa shape index (κ1) is 19.8. The molecule has 0 bridgehead atoms. The zero-order valence-electron chi connectivity index (χ0n) is 15.9. The predicted molar refractivity (Wildman–Crippen MR) is 101 cm³/mol. The minimum absolute atomic E-state index is 0.0668. The van der Waals surface area contributed by atoms with E-state index in [4.69, 9.17) is 0 Å². The molecule has 6 heteroatoms. The van der Waals surface area contributed by atoms with Crippen molar-refractivity contribution in [3.63, 3.8) is 0 Å². The van der Waals surface area contributed by atoms with Gasteiger partial charge in [0, 0.05) is 12.2 Å². The molecular formula is C19H30N4OS. The van der Waals surface area contributed by atoms with Gasteiger partial charge in [-0.2, -0.15) is 5.26 Å². The number of carbonyl (C=O) groups is 1. The van der Waals surface area contributed by atoms with Gasteiger partial charge in [-0.15, -0.1) is 0 Å². The van der Waals surface area contributed by atoms with E-state index in [1.807, 2.05) is 6.92 Å². The van der Waals surface area contributed by atoms with Crippen LogP contribution in [0.5, 0.6) is 0 Å². The summed E-state index contributed by atoms with van der Waals surface area (Å²) in [4.78, 5) is 17.1. The summed E-state index contributed by atoms with van der Waals surface area (Å²) in [6.45, 7) is 9.34. The van der Waals surface area contributed by atoms with Crippen molar-refractivity contribution < 1.29 is 4.79 Å². The van der Waals surface area contributed by atoms with Crippen LogP contribution in [-0.4, -0.2) is 26.8 Å². The third kappa shape index (κ3) is 5.24. The molecule has 1 aliphatic carbocycles. The molecule has 0 spiro atoms. The van der Waals surface area contributed by atoms with Crippen LogP contribution >= 0.6 is 11.8 Å². The fourth-order valence-electron chi connectivity index (χ4n) is 3.34. The molecule has 2 rings (SSSR count). The Morgan fingerprint density at radius 2 is 1.96 bits per heavy atom. The van der Waals surface area contributed by atoms with Crippen LogP contribution < -0.4 is 5.32 Å².